The molecule has 2 aromatic heterocycles. The number of aromatic nitrogens is 2. The number of rotatable bonds is 3. The number of pyridine rings is 2. The lowest BCUT2D eigenvalue weighted by molar-refractivity contribution is -0.671. The molecular formula is C13H9Cl4N5. The van der Waals surface area contributed by atoms with Gasteiger partial charge in [0.2, 0.25) is 0 Å². The molecule has 0 spiro atoms. The van der Waals surface area contributed by atoms with Crippen LogP contribution in [0.2, 0.25) is 15.2 Å². The van der Waals surface area contributed by atoms with Crippen LogP contribution in [0.4, 0.5) is 5.82 Å². The molecule has 114 valence electrons. The molecule has 0 bridgehead atoms. The Labute approximate surface area is 148 Å². The largest absolute Gasteiger partial charge is 1.00 e. The summed E-state index contributed by atoms with van der Waals surface area (Å²) in [7, 11) is 1.91. The Hall–Kier alpha value is -1.58. The van der Waals surface area contributed by atoms with Crippen molar-refractivity contribution in [1.82, 2.24) is 4.98 Å². The van der Waals surface area contributed by atoms with Crippen LogP contribution in [0.15, 0.2) is 29.6 Å². The van der Waals surface area contributed by atoms with Crippen molar-refractivity contribution in [3.8, 4) is 6.07 Å². The molecule has 2 aromatic rings. The van der Waals surface area contributed by atoms with Gasteiger partial charge >= 0.3 is 0 Å². The van der Waals surface area contributed by atoms with Crippen molar-refractivity contribution in [1.29, 1.82) is 5.26 Å². The Morgan fingerprint density at radius 1 is 1.36 bits per heavy atom. The van der Waals surface area contributed by atoms with Gasteiger partial charge < -0.3 is 12.4 Å². The van der Waals surface area contributed by atoms with Crippen molar-refractivity contribution in [2.75, 3.05) is 5.43 Å². The topological polar surface area (TPSA) is 64.9 Å². The number of nitrogens with one attached hydrogen (secondary N) is 1. The Morgan fingerprint density at radius 2 is 2.09 bits per heavy atom. The first kappa shape index (κ1) is 18.5. The summed E-state index contributed by atoms with van der Waals surface area (Å²) in [5.41, 5.74) is 3.57. The van der Waals surface area contributed by atoms with Gasteiger partial charge in [0.05, 0.1) is 16.8 Å². The first-order valence-electron chi connectivity index (χ1n) is 5.72. The molecule has 22 heavy (non-hydrogen) atoms. The molecule has 0 aromatic carbocycles. The van der Waals surface area contributed by atoms with Crippen LogP contribution in [-0.4, -0.2) is 11.2 Å². The highest BCUT2D eigenvalue weighted by Gasteiger charge is 2.15. The van der Waals surface area contributed by atoms with Crippen LogP contribution in [0, 0.1) is 11.3 Å². The number of halogens is 4. The standard InChI is InChI=1S/C13H9Cl3N5.ClH/c1-21-4-2-3-8(7-21)6-18-20-13-11(15)10(14)9(5-17)12(16)19-13;/h2-4,6-7H,1H3,(H,19,20);1H/q+1;/p-1. The predicted molar refractivity (Wildman–Crippen MR) is 82.8 cm³/mol. The Morgan fingerprint density at radius 3 is 2.73 bits per heavy atom. The lowest BCUT2D eigenvalue weighted by Gasteiger charge is -2.06. The second-order valence-electron chi connectivity index (χ2n) is 4.04. The zero-order valence-electron chi connectivity index (χ0n) is 11.2. The van der Waals surface area contributed by atoms with E-state index in [-0.39, 0.29) is 39.0 Å². The molecule has 0 unspecified atom stereocenters. The van der Waals surface area contributed by atoms with Crippen molar-refractivity contribution >= 4 is 46.8 Å². The van der Waals surface area contributed by atoms with E-state index in [2.05, 4.69) is 15.5 Å². The molecule has 2 rings (SSSR count). The summed E-state index contributed by atoms with van der Waals surface area (Å²) in [6.45, 7) is 0. The van der Waals surface area contributed by atoms with E-state index in [1.807, 2.05) is 42.2 Å². The molecule has 1 N–H and O–H groups in total. The Balaban J connectivity index is 0.00000242. The number of nitrogens with zero attached hydrogens (tertiary/aromatic N) is 4. The van der Waals surface area contributed by atoms with Crippen molar-refractivity contribution in [3.63, 3.8) is 0 Å². The number of hydrazone groups is 1. The highest BCUT2D eigenvalue weighted by molar-refractivity contribution is 6.45. The fourth-order valence-electron chi connectivity index (χ4n) is 1.53. The number of hydrogen-bond donors (Lipinski definition) is 1. The van der Waals surface area contributed by atoms with Gasteiger partial charge in [0.1, 0.15) is 23.7 Å². The quantitative estimate of drug-likeness (QED) is 0.360. The van der Waals surface area contributed by atoms with Crippen molar-refractivity contribution in [3.05, 3.63) is 50.9 Å². The van der Waals surface area contributed by atoms with E-state index in [1.54, 1.807) is 6.21 Å². The number of nitriles is 1. The van der Waals surface area contributed by atoms with Crippen LogP contribution in [0.1, 0.15) is 11.1 Å². The van der Waals surface area contributed by atoms with Gasteiger partial charge in [0.15, 0.2) is 23.4 Å². The minimum absolute atomic E-state index is 0. The van der Waals surface area contributed by atoms with Gasteiger partial charge in [-0.25, -0.2) is 9.55 Å². The third-order valence-electron chi connectivity index (χ3n) is 2.49. The Kier molecular flexibility index (Phi) is 6.85. The summed E-state index contributed by atoms with van der Waals surface area (Å²) in [6, 6.07) is 5.62. The molecule has 0 atom stereocenters. The fraction of sp³-hybridized carbons (Fsp3) is 0.0769. The van der Waals surface area contributed by atoms with E-state index >= 15 is 0 Å². The number of aryl methyl sites for hydroxylation is 1. The van der Waals surface area contributed by atoms with E-state index < -0.39 is 0 Å². The number of anilines is 1. The van der Waals surface area contributed by atoms with E-state index in [0.29, 0.717) is 0 Å². The number of hydrogen-bond acceptors (Lipinski definition) is 4. The molecular weight excluding hydrogens is 368 g/mol. The van der Waals surface area contributed by atoms with Gasteiger partial charge in [-0.05, 0) is 6.07 Å². The zero-order chi connectivity index (χ0) is 15.4. The maximum atomic E-state index is 8.90. The third-order valence-corrected chi connectivity index (χ3v) is 3.61. The zero-order valence-corrected chi connectivity index (χ0v) is 14.2. The molecule has 0 aliphatic carbocycles. The maximum Gasteiger partial charge on any atom is 0.177 e. The highest BCUT2D eigenvalue weighted by Crippen LogP contribution is 2.34. The SMILES string of the molecule is C[n+]1cccc(C=NNc2nc(Cl)c(C#N)c(Cl)c2Cl)c1.[Cl-]. The third kappa shape index (κ3) is 4.21. The lowest BCUT2D eigenvalue weighted by atomic mass is 10.3. The highest BCUT2D eigenvalue weighted by atomic mass is 35.5. The maximum absolute atomic E-state index is 8.90. The summed E-state index contributed by atoms with van der Waals surface area (Å²) in [5, 5.41) is 13.0. The second-order valence-corrected chi connectivity index (χ2v) is 5.15. The van der Waals surface area contributed by atoms with Gasteiger partial charge in [0.25, 0.3) is 0 Å². The van der Waals surface area contributed by atoms with Crippen LogP contribution in [0.25, 0.3) is 0 Å². The summed E-state index contributed by atoms with van der Waals surface area (Å²) in [6.07, 6.45) is 5.39. The normalized spacial score (nSPS) is 10.1. The smallest absolute Gasteiger partial charge is 0.177 e. The van der Waals surface area contributed by atoms with Crippen LogP contribution < -0.4 is 22.4 Å². The first-order valence-corrected chi connectivity index (χ1v) is 6.85. The first-order chi connectivity index (χ1) is 10.0. The molecule has 0 aliphatic rings. The minimum atomic E-state index is -0.0317. The van der Waals surface area contributed by atoms with E-state index in [1.165, 1.54) is 0 Å². The molecule has 5 nitrogen and oxygen atoms in total. The van der Waals surface area contributed by atoms with Crippen molar-refractivity contribution in [2.45, 2.75) is 0 Å². The minimum Gasteiger partial charge on any atom is -1.00 e. The van der Waals surface area contributed by atoms with Crippen LogP contribution in [0.3, 0.4) is 0 Å². The molecule has 0 aliphatic heterocycles. The Bertz CT molecular complexity index is 755. The van der Waals surface area contributed by atoms with Crippen molar-refractivity contribution in [2.24, 2.45) is 12.1 Å². The van der Waals surface area contributed by atoms with Gasteiger partial charge in [-0.2, -0.15) is 10.4 Å². The molecule has 0 saturated carbocycles. The van der Waals surface area contributed by atoms with Crippen molar-refractivity contribution < 1.29 is 17.0 Å². The van der Waals surface area contributed by atoms with Crippen LogP contribution >= 0.6 is 34.8 Å². The molecule has 0 saturated heterocycles. The molecule has 0 amide bonds. The fourth-order valence-corrected chi connectivity index (χ4v) is 2.20. The van der Waals surface area contributed by atoms with E-state index in [9.17, 15) is 0 Å². The van der Waals surface area contributed by atoms with E-state index in [0.717, 1.165) is 5.56 Å². The van der Waals surface area contributed by atoms with Gasteiger partial charge in [-0.1, -0.05) is 34.8 Å². The summed E-state index contributed by atoms with van der Waals surface area (Å²) in [4.78, 5) is 3.95. The van der Waals surface area contributed by atoms with Crippen LogP contribution in [0.5, 0.6) is 0 Å². The molecule has 0 radical (unpaired) electrons. The molecule has 2 heterocycles. The van der Waals surface area contributed by atoms with Gasteiger partial charge in [0, 0.05) is 6.07 Å². The summed E-state index contributed by atoms with van der Waals surface area (Å²) in [5.74, 6) is 0.183. The second kappa shape index (κ2) is 8.16. The predicted octanol–water partition coefficient (Wildman–Crippen LogP) is 0.188. The van der Waals surface area contributed by atoms with E-state index in [4.69, 9.17) is 40.1 Å². The van der Waals surface area contributed by atoms with Gasteiger partial charge in [-0.15, -0.1) is 0 Å². The monoisotopic (exact) mass is 375 g/mol. The molecule has 9 heteroatoms. The average molecular weight is 377 g/mol. The van der Waals surface area contributed by atoms with Gasteiger partial charge in [-0.3, -0.25) is 5.43 Å². The van der Waals surface area contributed by atoms with Crippen LogP contribution in [-0.2, 0) is 7.05 Å². The lowest BCUT2D eigenvalue weighted by Crippen LogP contribution is -3.00. The summed E-state index contributed by atoms with van der Waals surface area (Å²) >= 11 is 17.8. The average Bonchev–Trinajstić information content (AvgIpc) is 2.45. The summed E-state index contributed by atoms with van der Waals surface area (Å²) < 4.78 is 1.89. The molecule has 0 fully saturated rings.